The molecule has 2 heterocycles. The van der Waals surface area contributed by atoms with Gasteiger partial charge < -0.3 is 14.9 Å². The van der Waals surface area contributed by atoms with Gasteiger partial charge in [0.1, 0.15) is 11.5 Å². The Bertz CT molecular complexity index is 1460. The minimum atomic E-state index is -0.932. The smallest absolute Gasteiger partial charge is 0.298 e. The topological polar surface area (TPSA) is 107 Å². The summed E-state index contributed by atoms with van der Waals surface area (Å²) in [5.41, 5.74) is 0.259. The Kier molecular flexibility index (Phi) is 6.33. The van der Waals surface area contributed by atoms with Gasteiger partial charge in [0.2, 0.25) is 0 Å². The number of halogens is 2. The zero-order valence-corrected chi connectivity index (χ0v) is 19.6. The first-order valence-corrected chi connectivity index (χ1v) is 11.0. The third kappa shape index (κ3) is 4.24. The summed E-state index contributed by atoms with van der Waals surface area (Å²) < 4.78 is 14.6. The number of aromatic hydroxyl groups is 1. The van der Waals surface area contributed by atoms with Gasteiger partial charge in [0, 0.05) is 38.4 Å². The lowest BCUT2D eigenvalue weighted by molar-refractivity contribution is 0.0720. The lowest BCUT2D eigenvalue weighted by Gasteiger charge is -2.31. The van der Waals surface area contributed by atoms with Gasteiger partial charge in [-0.05, 0) is 48.4 Å². The quantitative estimate of drug-likeness (QED) is 0.599. The number of carbonyl (C=O) groups excluding carboxylic acids is 2. The van der Waals surface area contributed by atoms with Crippen molar-refractivity contribution in [2.24, 2.45) is 0 Å². The average Bonchev–Trinajstić information content (AvgIpc) is 2.84. The summed E-state index contributed by atoms with van der Waals surface area (Å²) in [6.07, 6.45) is 0.190. The van der Waals surface area contributed by atoms with Crippen molar-refractivity contribution in [2.75, 3.05) is 20.6 Å². The first kappa shape index (κ1) is 24.0. The van der Waals surface area contributed by atoms with E-state index in [9.17, 15) is 23.9 Å². The van der Waals surface area contributed by atoms with Crippen LogP contribution in [-0.4, -0.2) is 51.9 Å². The monoisotopic (exact) mass is 494 g/mol. The van der Waals surface area contributed by atoms with Gasteiger partial charge in [0.05, 0.1) is 22.2 Å². The van der Waals surface area contributed by atoms with Crippen LogP contribution in [-0.2, 0) is 13.0 Å². The molecule has 178 valence electrons. The summed E-state index contributed by atoms with van der Waals surface area (Å²) in [5, 5.41) is 19.8. The van der Waals surface area contributed by atoms with Gasteiger partial charge >= 0.3 is 0 Å². The van der Waals surface area contributed by atoms with Crippen LogP contribution >= 0.6 is 11.6 Å². The highest BCUT2D eigenvalue weighted by Gasteiger charge is 2.35. The van der Waals surface area contributed by atoms with Crippen molar-refractivity contribution in [1.82, 2.24) is 14.4 Å². The largest absolute Gasteiger partial charge is 0.502 e. The molecule has 0 radical (unpaired) electrons. The maximum absolute atomic E-state index is 13.5. The van der Waals surface area contributed by atoms with E-state index in [0.717, 1.165) is 4.57 Å². The first-order valence-electron chi connectivity index (χ1n) is 10.6. The number of carbonyl (C=O) groups is 2. The number of pyridine rings is 1. The van der Waals surface area contributed by atoms with Gasteiger partial charge in [-0.15, -0.1) is 0 Å². The number of rotatable bonds is 4. The molecule has 2 aromatic carbocycles. The maximum Gasteiger partial charge on any atom is 0.298 e. The Balaban J connectivity index is 1.86. The molecule has 10 heteroatoms. The molecule has 1 aliphatic heterocycles. The van der Waals surface area contributed by atoms with E-state index in [2.05, 4.69) is 0 Å². The zero-order chi connectivity index (χ0) is 25.4. The second-order valence-electron chi connectivity index (χ2n) is 8.27. The fourth-order valence-corrected chi connectivity index (χ4v) is 4.27. The van der Waals surface area contributed by atoms with E-state index >= 15 is 0 Å². The normalized spacial score (nSPS) is 12.8. The number of nitriles is 1. The van der Waals surface area contributed by atoms with Crippen LogP contribution in [0.4, 0.5) is 4.39 Å². The Morgan fingerprint density at radius 2 is 1.89 bits per heavy atom. The summed E-state index contributed by atoms with van der Waals surface area (Å²) in [6.45, 7) is 0.271. The zero-order valence-electron chi connectivity index (χ0n) is 18.9. The Morgan fingerprint density at radius 3 is 2.49 bits per heavy atom. The van der Waals surface area contributed by atoms with Crippen molar-refractivity contribution in [3.05, 3.63) is 91.6 Å². The van der Waals surface area contributed by atoms with Crippen molar-refractivity contribution >= 4 is 23.4 Å². The minimum absolute atomic E-state index is 0.0321. The Morgan fingerprint density at radius 1 is 1.20 bits per heavy atom. The fraction of sp³-hybridized carbons (Fsp3) is 0.200. The molecule has 2 amide bonds. The van der Waals surface area contributed by atoms with E-state index in [1.165, 1.54) is 66.4 Å². The number of hydrogen-bond acceptors (Lipinski definition) is 5. The molecule has 1 aliphatic rings. The van der Waals surface area contributed by atoms with E-state index in [1.807, 2.05) is 6.07 Å². The first-order chi connectivity index (χ1) is 16.6. The molecule has 0 fully saturated rings. The molecule has 0 unspecified atom stereocenters. The molecule has 0 spiro atoms. The number of fused-ring (bicyclic) bond motifs is 1. The van der Waals surface area contributed by atoms with Crippen LogP contribution in [0.5, 0.6) is 5.75 Å². The molecule has 0 saturated carbocycles. The van der Waals surface area contributed by atoms with E-state index in [1.54, 1.807) is 0 Å². The highest BCUT2D eigenvalue weighted by Crippen LogP contribution is 2.31. The van der Waals surface area contributed by atoms with Crippen molar-refractivity contribution in [2.45, 2.75) is 13.0 Å². The van der Waals surface area contributed by atoms with Gasteiger partial charge in [-0.25, -0.2) is 4.39 Å². The summed E-state index contributed by atoms with van der Waals surface area (Å²) in [7, 11) is 3.04. The van der Waals surface area contributed by atoms with E-state index in [-0.39, 0.29) is 47.0 Å². The third-order valence-corrected chi connectivity index (χ3v) is 6.10. The molecular formula is C25H20ClFN4O4. The van der Waals surface area contributed by atoms with Gasteiger partial charge in [-0.2, -0.15) is 5.26 Å². The fourth-order valence-electron chi connectivity index (χ4n) is 4.07. The van der Waals surface area contributed by atoms with Gasteiger partial charge in [-0.3, -0.25) is 19.0 Å². The molecule has 4 rings (SSSR count). The number of amides is 2. The summed E-state index contributed by atoms with van der Waals surface area (Å²) in [6, 6.07) is 12.0. The lowest BCUT2D eigenvalue weighted by atomic mass is 9.95. The van der Waals surface area contributed by atoms with Gasteiger partial charge in [-0.1, -0.05) is 17.7 Å². The van der Waals surface area contributed by atoms with Crippen LogP contribution in [0.1, 0.15) is 37.5 Å². The molecule has 3 aromatic rings. The molecular weight excluding hydrogens is 475 g/mol. The highest BCUT2D eigenvalue weighted by atomic mass is 35.5. The third-order valence-electron chi connectivity index (χ3n) is 5.81. The van der Waals surface area contributed by atoms with Crippen LogP contribution in [0.15, 0.2) is 47.3 Å². The van der Waals surface area contributed by atoms with Crippen LogP contribution in [0.2, 0.25) is 5.02 Å². The lowest BCUT2D eigenvalue weighted by Crippen LogP contribution is -2.42. The second kappa shape index (κ2) is 9.24. The Hall–Kier alpha value is -4.16. The predicted octanol–water partition coefficient (Wildman–Crippen LogP) is 3.11. The van der Waals surface area contributed by atoms with Crippen LogP contribution in [0.3, 0.4) is 0 Å². The number of hydrogen-bond donors (Lipinski definition) is 1. The van der Waals surface area contributed by atoms with Crippen molar-refractivity contribution in [3.63, 3.8) is 0 Å². The van der Waals surface area contributed by atoms with Crippen molar-refractivity contribution in [1.29, 1.82) is 5.26 Å². The maximum atomic E-state index is 13.5. The molecule has 1 N–H and O–H groups in total. The summed E-state index contributed by atoms with van der Waals surface area (Å²) >= 11 is 5.85. The predicted molar refractivity (Wildman–Crippen MR) is 126 cm³/mol. The summed E-state index contributed by atoms with van der Waals surface area (Å²) in [4.78, 5) is 42.5. The second-order valence-corrected chi connectivity index (χ2v) is 8.68. The number of aromatic nitrogens is 1. The van der Waals surface area contributed by atoms with Crippen molar-refractivity contribution < 1.29 is 19.1 Å². The van der Waals surface area contributed by atoms with Crippen molar-refractivity contribution in [3.8, 4) is 17.5 Å². The van der Waals surface area contributed by atoms with Gasteiger partial charge in [0.15, 0.2) is 5.75 Å². The Labute approximate surface area is 205 Å². The van der Waals surface area contributed by atoms with Crippen LogP contribution in [0.25, 0.3) is 5.69 Å². The van der Waals surface area contributed by atoms with Crippen LogP contribution in [0, 0.1) is 17.1 Å². The molecule has 0 aliphatic carbocycles. The molecule has 0 bridgehead atoms. The molecule has 1 aromatic heterocycles. The summed E-state index contributed by atoms with van der Waals surface area (Å²) in [5.74, 6) is -2.50. The van der Waals surface area contributed by atoms with E-state index < -0.39 is 28.9 Å². The van der Waals surface area contributed by atoms with Crippen LogP contribution < -0.4 is 5.56 Å². The van der Waals surface area contributed by atoms with E-state index in [0.29, 0.717) is 11.1 Å². The molecule has 0 atom stereocenters. The molecule has 0 saturated heterocycles. The highest BCUT2D eigenvalue weighted by molar-refractivity contribution is 6.30. The number of benzene rings is 2. The standard InChI is InChI=1S/C25H20ClFN4O4/c1-29(2)24(34)21-17-9-10-30(13-15-5-8-19(27)18(26)11-15)23(33)20(17)22(32)25(35)31(21)16-6-3-14(12-28)4-7-16/h3-8,11,32H,9-10,13H2,1-2H3. The SMILES string of the molecule is CN(C)C(=O)c1c2c(c(O)c(=O)n1-c1ccc(C#N)cc1)C(=O)N(Cc1ccc(F)c(Cl)c1)CC2. The number of nitrogens with zero attached hydrogens (tertiary/aromatic N) is 4. The minimum Gasteiger partial charge on any atom is -0.502 e. The molecule has 8 nitrogen and oxygen atoms in total. The van der Waals surface area contributed by atoms with E-state index in [4.69, 9.17) is 16.9 Å². The average molecular weight is 495 g/mol. The molecule has 35 heavy (non-hydrogen) atoms. The van der Waals surface area contributed by atoms with Gasteiger partial charge in [0.25, 0.3) is 17.4 Å².